The van der Waals surface area contributed by atoms with Gasteiger partial charge in [0.05, 0.1) is 32.1 Å². The third-order valence-electron chi connectivity index (χ3n) is 3.48. The lowest BCUT2D eigenvalue weighted by Gasteiger charge is -2.28. The number of hydrogen-bond acceptors (Lipinski definition) is 5. The van der Waals surface area contributed by atoms with Crippen molar-refractivity contribution in [1.82, 2.24) is 10.2 Å². The molecule has 0 aliphatic carbocycles. The van der Waals surface area contributed by atoms with Crippen molar-refractivity contribution in [3.63, 3.8) is 0 Å². The first-order valence-corrected chi connectivity index (χ1v) is 7.45. The number of halogens is 1. The van der Waals surface area contributed by atoms with Crippen LogP contribution in [0.2, 0.25) is 0 Å². The maximum absolute atomic E-state index is 13.1. The van der Waals surface area contributed by atoms with Crippen LogP contribution in [0.3, 0.4) is 0 Å². The number of amides is 2. The fourth-order valence-corrected chi connectivity index (χ4v) is 2.29. The molecule has 8 heteroatoms. The van der Waals surface area contributed by atoms with Crippen molar-refractivity contribution in [3.8, 4) is 5.75 Å². The van der Waals surface area contributed by atoms with E-state index in [0.717, 1.165) is 13.1 Å². The number of nitrogens with one attached hydrogen (secondary N) is 2. The topological polar surface area (TPSA) is 83.1 Å². The van der Waals surface area contributed by atoms with E-state index in [-0.39, 0.29) is 12.3 Å². The van der Waals surface area contributed by atoms with Crippen LogP contribution < -0.4 is 15.4 Å². The van der Waals surface area contributed by atoms with Gasteiger partial charge in [0.2, 0.25) is 0 Å². The van der Waals surface area contributed by atoms with E-state index in [0.29, 0.717) is 25.4 Å². The number of β-amino-alcohol motifs (C(OH)–C–C–N with tert-alkyl or cyclic N) is 1. The second-order valence-electron chi connectivity index (χ2n) is 5.25. The zero-order valence-corrected chi connectivity index (χ0v) is 13.0. The molecule has 1 saturated heterocycles. The predicted octanol–water partition coefficient (Wildman–Crippen LogP) is 0.649. The highest BCUT2D eigenvalue weighted by atomic mass is 19.1. The lowest BCUT2D eigenvalue weighted by Crippen LogP contribution is -2.45. The van der Waals surface area contributed by atoms with E-state index in [2.05, 4.69) is 15.5 Å². The Morgan fingerprint density at radius 3 is 2.91 bits per heavy atom. The molecule has 2 amide bonds. The number of ether oxygens (including phenoxy) is 2. The van der Waals surface area contributed by atoms with Gasteiger partial charge in [-0.05, 0) is 12.1 Å². The van der Waals surface area contributed by atoms with Gasteiger partial charge < -0.3 is 25.2 Å². The van der Waals surface area contributed by atoms with E-state index < -0.39 is 18.0 Å². The largest absolute Gasteiger partial charge is 0.494 e. The monoisotopic (exact) mass is 327 g/mol. The molecule has 1 aromatic carbocycles. The molecule has 1 heterocycles. The number of hydrogen-bond donors (Lipinski definition) is 3. The van der Waals surface area contributed by atoms with E-state index >= 15 is 0 Å². The molecule has 23 heavy (non-hydrogen) atoms. The number of methoxy groups -OCH3 is 1. The fourth-order valence-electron chi connectivity index (χ4n) is 2.29. The van der Waals surface area contributed by atoms with E-state index in [1.54, 1.807) is 0 Å². The van der Waals surface area contributed by atoms with Gasteiger partial charge >= 0.3 is 6.03 Å². The van der Waals surface area contributed by atoms with Crippen LogP contribution in [0.15, 0.2) is 18.2 Å². The molecule has 0 bridgehead atoms. The number of nitrogens with zero attached hydrogens (tertiary/aromatic N) is 1. The van der Waals surface area contributed by atoms with Crippen molar-refractivity contribution in [3.05, 3.63) is 24.0 Å². The zero-order chi connectivity index (χ0) is 16.7. The summed E-state index contributed by atoms with van der Waals surface area (Å²) >= 11 is 0. The Labute approximate surface area is 134 Å². The third-order valence-corrected chi connectivity index (χ3v) is 3.48. The normalized spacial score (nSPS) is 16.7. The molecule has 3 N–H and O–H groups in total. The van der Waals surface area contributed by atoms with Gasteiger partial charge in [-0.25, -0.2) is 9.18 Å². The molecule has 1 atom stereocenters. The Bertz CT molecular complexity index is 523. The molecule has 2 rings (SSSR count). The highest BCUT2D eigenvalue weighted by Crippen LogP contribution is 2.24. The molecule has 0 saturated carbocycles. The van der Waals surface area contributed by atoms with Gasteiger partial charge in [0.15, 0.2) is 0 Å². The van der Waals surface area contributed by atoms with Crippen molar-refractivity contribution < 1.29 is 23.8 Å². The number of carbonyl (C=O) groups is 1. The zero-order valence-electron chi connectivity index (χ0n) is 13.0. The summed E-state index contributed by atoms with van der Waals surface area (Å²) in [6.07, 6.45) is -0.672. The molecule has 1 aliphatic rings. The summed E-state index contributed by atoms with van der Waals surface area (Å²) in [5.74, 6) is -0.220. The minimum Gasteiger partial charge on any atom is -0.494 e. The average molecular weight is 327 g/mol. The lowest BCUT2D eigenvalue weighted by molar-refractivity contribution is 0.0154. The van der Waals surface area contributed by atoms with Crippen molar-refractivity contribution >= 4 is 11.7 Å². The van der Waals surface area contributed by atoms with Gasteiger partial charge in [-0.3, -0.25) is 4.90 Å². The maximum atomic E-state index is 13.1. The van der Waals surface area contributed by atoms with Crippen LogP contribution in [0.25, 0.3) is 0 Å². The molecule has 0 spiro atoms. The highest BCUT2D eigenvalue weighted by Gasteiger charge is 2.16. The number of morpholine rings is 1. The summed E-state index contributed by atoms with van der Waals surface area (Å²) in [5, 5.41) is 15.1. The predicted molar refractivity (Wildman–Crippen MR) is 83.2 cm³/mol. The van der Waals surface area contributed by atoms with E-state index in [1.165, 1.54) is 25.3 Å². The minimum atomic E-state index is -0.672. The number of benzene rings is 1. The first-order chi connectivity index (χ1) is 11.1. The summed E-state index contributed by atoms with van der Waals surface area (Å²) in [5.41, 5.74) is 0.356. The van der Waals surface area contributed by atoms with E-state index in [9.17, 15) is 14.3 Å². The number of aliphatic hydroxyl groups excluding tert-OH is 1. The van der Waals surface area contributed by atoms with Crippen LogP contribution in [0.5, 0.6) is 5.75 Å². The Morgan fingerprint density at radius 1 is 1.48 bits per heavy atom. The van der Waals surface area contributed by atoms with Crippen molar-refractivity contribution in [2.75, 3.05) is 51.8 Å². The van der Waals surface area contributed by atoms with Gasteiger partial charge in [0.1, 0.15) is 11.6 Å². The average Bonchev–Trinajstić information content (AvgIpc) is 2.55. The third kappa shape index (κ3) is 5.66. The Balaban J connectivity index is 1.76. The van der Waals surface area contributed by atoms with Crippen LogP contribution in [-0.2, 0) is 4.74 Å². The smallest absolute Gasteiger partial charge is 0.319 e. The van der Waals surface area contributed by atoms with Gasteiger partial charge in [-0.1, -0.05) is 0 Å². The Hall–Kier alpha value is -1.90. The number of rotatable bonds is 6. The van der Waals surface area contributed by atoms with Gasteiger partial charge in [0.25, 0.3) is 0 Å². The Morgan fingerprint density at radius 2 is 2.22 bits per heavy atom. The first kappa shape index (κ1) is 17.5. The Kier molecular flexibility index (Phi) is 6.57. The molecule has 1 aromatic rings. The lowest BCUT2D eigenvalue weighted by atomic mass is 10.3. The van der Waals surface area contributed by atoms with Crippen molar-refractivity contribution in [2.24, 2.45) is 0 Å². The van der Waals surface area contributed by atoms with Crippen LogP contribution in [-0.4, -0.2) is 68.6 Å². The number of carbonyl (C=O) groups excluding carboxylic acids is 1. The molecule has 0 radical (unpaired) electrons. The van der Waals surface area contributed by atoms with E-state index in [1.807, 2.05) is 0 Å². The summed E-state index contributed by atoms with van der Waals surface area (Å²) in [6.45, 7) is 3.46. The van der Waals surface area contributed by atoms with Crippen LogP contribution in [0.1, 0.15) is 0 Å². The molecule has 7 nitrogen and oxygen atoms in total. The summed E-state index contributed by atoms with van der Waals surface area (Å²) < 4.78 is 23.3. The summed E-state index contributed by atoms with van der Waals surface area (Å²) in [6, 6.07) is 3.34. The van der Waals surface area contributed by atoms with E-state index in [4.69, 9.17) is 9.47 Å². The molecule has 0 unspecified atom stereocenters. The maximum Gasteiger partial charge on any atom is 0.319 e. The second-order valence-corrected chi connectivity index (χ2v) is 5.25. The summed E-state index contributed by atoms with van der Waals surface area (Å²) in [4.78, 5) is 13.9. The van der Waals surface area contributed by atoms with Gasteiger partial charge in [-0.2, -0.15) is 0 Å². The standard InChI is InChI=1S/C15H22FN3O4/c1-22-14-8-11(16)2-3-13(14)18-15(21)17-9-12(20)10-19-4-6-23-7-5-19/h2-3,8,12,20H,4-7,9-10H2,1H3,(H2,17,18,21)/t12-/m1/s1. The van der Waals surface area contributed by atoms with Crippen LogP contribution >= 0.6 is 0 Å². The highest BCUT2D eigenvalue weighted by molar-refractivity contribution is 5.90. The number of aliphatic hydroxyl groups is 1. The number of urea groups is 1. The second kappa shape index (κ2) is 8.66. The molecule has 0 aromatic heterocycles. The van der Waals surface area contributed by atoms with Gasteiger partial charge in [-0.15, -0.1) is 0 Å². The van der Waals surface area contributed by atoms with Crippen molar-refractivity contribution in [2.45, 2.75) is 6.10 Å². The fraction of sp³-hybridized carbons (Fsp3) is 0.533. The van der Waals surface area contributed by atoms with Gasteiger partial charge in [0, 0.05) is 32.2 Å². The quantitative estimate of drug-likeness (QED) is 0.715. The minimum absolute atomic E-state index is 0.118. The van der Waals surface area contributed by atoms with Crippen LogP contribution in [0.4, 0.5) is 14.9 Å². The van der Waals surface area contributed by atoms with Crippen molar-refractivity contribution in [1.29, 1.82) is 0 Å². The molecule has 1 aliphatic heterocycles. The molecule has 1 fully saturated rings. The molecular formula is C15H22FN3O4. The molecular weight excluding hydrogens is 305 g/mol. The van der Waals surface area contributed by atoms with Crippen LogP contribution in [0, 0.1) is 5.82 Å². The number of anilines is 1. The SMILES string of the molecule is COc1cc(F)ccc1NC(=O)NC[C@@H](O)CN1CCOCC1. The first-order valence-electron chi connectivity index (χ1n) is 7.45. The summed E-state index contributed by atoms with van der Waals surface area (Å²) in [7, 11) is 1.39. The molecule has 128 valence electrons.